The topological polar surface area (TPSA) is 158 Å². The van der Waals surface area contributed by atoms with Gasteiger partial charge in [0.25, 0.3) is 0 Å². The molecule has 9 N–H and O–H groups in total. The third kappa shape index (κ3) is 37.8. The van der Waals surface area contributed by atoms with Crippen molar-refractivity contribution >= 4 is 18.6 Å². The molecule has 0 rings (SSSR count). The van der Waals surface area contributed by atoms with Crippen molar-refractivity contribution in [3.05, 3.63) is 0 Å². The number of hydrogen-bond donors (Lipinski definition) is 3. The van der Waals surface area contributed by atoms with Gasteiger partial charge in [-0.05, 0) is 0 Å². The van der Waals surface area contributed by atoms with Gasteiger partial charge in [0.05, 0.1) is 0 Å². The number of carbonyl (C=O) groups is 1. The summed E-state index contributed by atoms with van der Waals surface area (Å²) < 4.78 is 0. The fourth-order valence-electron chi connectivity index (χ4n) is 0.0781. The first-order valence-electron chi connectivity index (χ1n) is 1.77. The Labute approximate surface area is 121 Å². The predicted octanol–water partition coefficient (Wildman–Crippen LogP) is -12.1. The van der Waals surface area contributed by atoms with Gasteiger partial charge >= 0.3 is 28.3 Å². The molecule has 6 nitrogen and oxygen atoms in total. The Balaban J connectivity index is -0.00000000857. The van der Waals surface area contributed by atoms with Gasteiger partial charge in [0.1, 0.15) is 6.04 Å². The third-order valence-electron chi connectivity index (χ3n) is 0.514. The van der Waals surface area contributed by atoms with Crippen molar-refractivity contribution in [2.45, 2.75) is 6.04 Å². The molecule has 0 aliphatic heterocycles. The number of halogens is 3. The van der Waals surface area contributed by atoms with Gasteiger partial charge in [-0.25, -0.2) is 0 Å². The van der Waals surface area contributed by atoms with Crippen LogP contribution in [-0.2, 0) is 27.2 Å². The van der Waals surface area contributed by atoms with Gasteiger partial charge in [-0.3, -0.25) is 4.79 Å². The van der Waals surface area contributed by atoms with Crippen LogP contribution in [0.2, 0.25) is 0 Å². The van der Waals surface area contributed by atoms with Gasteiger partial charge in [0.2, 0.25) is 0 Å². The van der Waals surface area contributed by atoms with Crippen LogP contribution >= 0.6 is 12.6 Å². The molecule has 0 radical (unpaired) electrons. The molecule has 0 spiro atoms. The van der Waals surface area contributed by atoms with E-state index >= 15 is 0 Å². The Morgan fingerprint density at radius 3 is 1.43 bits per heavy atom. The molecule has 98 valence electrons. The Kier molecular flexibility index (Phi) is 154. The molecule has 0 amide bonds. The molecule has 0 heterocycles. The van der Waals surface area contributed by atoms with Gasteiger partial charge in [-0.2, -0.15) is 12.6 Å². The minimum absolute atomic E-state index is 0. The molecular weight excluding hydrogens is 465 g/mol. The number of carboxylic acids is 1. The van der Waals surface area contributed by atoms with Crippen molar-refractivity contribution in [2.24, 2.45) is 5.73 Å². The van der Waals surface area contributed by atoms with Crippen LogP contribution in [0.5, 0.6) is 0 Å². The van der Waals surface area contributed by atoms with E-state index in [1.807, 2.05) is 0 Å². The zero-order chi connectivity index (χ0) is 5.86. The number of carboxylic acid groups (broad SMARTS) is 1. The molecule has 0 aromatic heterocycles. The average Bonchev–Trinajstić information content (AvgIpc) is 1.65. The minimum atomic E-state index is -1.00. The molecule has 0 saturated heterocycles. The van der Waals surface area contributed by atoms with Crippen molar-refractivity contribution in [3.8, 4) is 0 Å². The van der Waals surface area contributed by atoms with E-state index in [-0.39, 0.29) is 81.8 Å². The molecule has 0 aromatic rings. The molecule has 1 atom stereocenters. The average molecular weight is 479 g/mol. The van der Waals surface area contributed by atoms with E-state index in [0.29, 0.717) is 0 Å². The largest absolute Gasteiger partial charge is 3.00 e. The Bertz CT molecular complexity index is 94.6. The summed E-state index contributed by atoms with van der Waals surface area (Å²) in [5, 5.41) is 8.01. The SMILES string of the molecule is N[C@@H](CS)C(=O)O.O.O.O.[Au+3].[Cl-].[Cl-].[Cl-]. The zero-order valence-corrected chi connectivity index (χ0v) is 11.9. The van der Waals surface area contributed by atoms with Crippen molar-refractivity contribution in [3.63, 3.8) is 0 Å². The first-order chi connectivity index (χ1) is 3.18. The maximum Gasteiger partial charge on any atom is 3.00 e. The molecule has 0 unspecified atom stereocenters. The van der Waals surface area contributed by atoms with Crippen molar-refractivity contribution in [1.82, 2.24) is 0 Å². The van der Waals surface area contributed by atoms with Crippen LogP contribution in [0.25, 0.3) is 0 Å². The molecular formula is C3H13AuCl3NO5S. The summed E-state index contributed by atoms with van der Waals surface area (Å²) in [4.78, 5) is 9.76. The number of aliphatic carboxylic acids is 1. The van der Waals surface area contributed by atoms with Crippen molar-refractivity contribution in [2.75, 3.05) is 5.75 Å². The first kappa shape index (κ1) is 58.8. The van der Waals surface area contributed by atoms with E-state index in [2.05, 4.69) is 12.6 Å². The second kappa shape index (κ2) is 36.7. The molecule has 0 aliphatic carbocycles. The third-order valence-corrected chi connectivity index (χ3v) is 0.907. The molecule has 0 saturated carbocycles. The summed E-state index contributed by atoms with van der Waals surface area (Å²) in [5.74, 6) is -0.815. The Morgan fingerprint density at radius 2 is 1.43 bits per heavy atom. The molecule has 0 aromatic carbocycles. The molecule has 0 aliphatic rings. The predicted molar refractivity (Wildman–Crippen MR) is 40.3 cm³/mol. The standard InChI is InChI=1S/C3H7NO2S.Au.3ClH.3H2O/c4-2(1-7)3(5)6;;;;;;;/h2,7H,1,4H2,(H,5,6);;3*1H;3*1H2/q;+3;;;;;;/p-3/t2-;;;;;;;/m0......./s1. The number of hydrogen-bond acceptors (Lipinski definition) is 3. The smallest absolute Gasteiger partial charge is 1.00 e. The molecule has 11 heteroatoms. The monoisotopic (exact) mass is 477 g/mol. The summed E-state index contributed by atoms with van der Waals surface area (Å²) in [7, 11) is 0. The Hall–Kier alpha value is 1.27. The number of thiol groups is 1. The van der Waals surface area contributed by atoms with Crippen LogP contribution in [0, 0.1) is 0 Å². The fourth-order valence-corrected chi connectivity index (χ4v) is 0.234. The maximum absolute atomic E-state index is 9.76. The van der Waals surface area contributed by atoms with E-state index in [9.17, 15) is 4.79 Å². The fraction of sp³-hybridized carbons (Fsp3) is 0.667. The van der Waals surface area contributed by atoms with E-state index in [4.69, 9.17) is 10.8 Å². The molecule has 14 heavy (non-hydrogen) atoms. The second-order valence-electron chi connectivity index (χ2n) is 1.13. The maximum atomic E-state index is 9.76. The van der Waals surface area contributed by atoms with E-state index in [1.165, 1.54) is 0 Å². The minimum Gasteiger partial charge on any atom is -1.00 e. The summed E-state index contributed by atoms with van der Waals surface area (Å²) in [5.41, 5.74) is 4.94. The number of rotatable bonds is 2. The normalized spacial score (nSPS) is 6.71. The van der Waals surface area contributed by atoms with Crippen LogP contribution in [-0.4, -0.2) is 39.3 Å². The van der Waals surface area contributed by atoms with Gasteiger partial charge in [-0.1, -0.05) is 0 Å². The van der Waals surface area contributed by atoms with Crippen molar-refractivity contribution in [1.29, 1.82) is 0 Å². The second-order valence-corrected chi connectivity index (χ2v) is 1.49. The van der Waals surface area contributed by atoms with Gasteiger partial charge in [-0.15, -0.1) is 0 Å². The van der Waals surface area contributed by atoms with Crippen LogP contribution in [0.15, 0.2) is 0 Å². The van der Waals surface area contributed by atoms with E-state index in [0.717, 1.165) is 0 Å². The van der Waals surface area contributed by atoms with E-state index in [1.54, 1.807) is 0 Å². The van der Waals surface area contributed by atoms with Crippen LogP contribution in [0.3, 0.4) is 0 Å². The molecule has 0 bridgehead atoms. The molecule has 0 fully saturated rings. The summed E-state index contributed by atoms with van der Waals surface area (Å²) >= 11 is 3.65. The number of nitrogens with two attached hydrogens (primary N) is 1. The van der Waals surface area contributed by atoms with Crippen molar-refractivity contribution < 1.29 is 85.9 Å². The Morgan fingerprint density at radius 1 is 1.21 bits per heavy atom. The summed E-state index contributed by atoms with van der Waals surface area (Å²) in [6.07, 6.45) is 0. The van der Waals surface area contributed by atoms with Crippen LogP contribution in [0.1, 0.15) is 0 Å². The van der Waals surface area contributed by atoms with Crippen LogP contribution in [0.4, 0.5) is 0 Å². The zero-order valence-electron chi connectivity index (χ0n) is 6.60. The van der Waals surface area contributed by atoms with Gasteiger partial charge in [0.15, 0.2) is 0 Å². The van der Waals surface area contributed by atoms with Gasteiger partial charge in [0, 0.05) is 5.75 Å². The van der Waals surface area contributed by atoms with E-state index < -0.39 is 12.0 Å². The van der Waals surface area contributed by atoms with Gasteiger partial charge < -0.3 is 64.5 Å². The summed E-state index contributed by atoms with van der Waals surface area (Å²) in [6, 6.07) is -0.816. The summed E-state index contributed by atoms with van der Waals surface area (Å²) in [6.45, 7) is 0. The quantitative estimate of drug-likeness (QED) is 0.266. The van der Waals surface area contributed by atoms with Crippen LogP contribution < -0.4 is 43.0 Å². The first-order valence-corrected chi connectivity index (χ1v) is 2.41.